The van der Waals surface area contributed by atoms with Crippen molar-refractivity contribution >= 4 is 40.1 Å². The highest BCUT2D eigenvalue weighted by Gasteiger charge is 2.33. The first-order valence-electron chi connectivity index (χ1n) is 6.85. The summed E-state index contributed by atoms with van der Waals surface area (Å²) >= 11 is 2.24. The normalized spacial score (nSPS) is 17.9. The predicted octanol–water partition coefficient (Wildman–Crippen LogP) is 2.33. The van der Waals surface area contributed by atoms with Gasteiger partial charge in [0, 0.05) is 10.6 Å². The second-order valence-corrected chi connectivity index (χ2v) is 6.09. The molecule has 0 aliphatic carbocycles. The van der Waals surface area contributed by atoms with E-state index in [2.05, 4.69) is 33.1 Å². The van der Waals surface area contributed by atoms with Gasteiger partial charge in [-0.2, -0.15) is 0 Å². The number of amidine groups is 1. The van der Waals surface area contributed by atoms with Crippen LogP contribution in [-0.4, -0.2) is 31.0 Å². The number of hydrazone groups is 1. The minimum absolute atomic E-state index is 0.161. The highest BCUT2D eigenvalue weighted by molar-refractivity contribution is 14.1. The summed E-state index contributed by atoms with van der Waals surface area (Å²) in [6.07, 6.45) is 1.23. The zero-order valence-electron chi connectivity index (χ0n) is 12.6. The topological polar surface area (TPSA) is 70.3 Å². The minimum atomic E-state index is -0.520. The van der Waals surface area contributed by atoms with Crippen LogP contribution in [0.1, 0.15) is 11.9 Å². The second kappa shape index (κ2) is 6.59. The zero-order valence-corrected chi connectivity index (χ0v) is 14.7. The van der Waals surface area contributed by atoms with Crippen molar-refractivity contribution in [3.8, 4) is 0 Å². The molecule has 0 spiro atoms. The summed E-state index contributed by atoms with van der Waals surface area (Å²) < 4.78 is 11.4. The monoisotopic (exact) mass is 426 g/mol. The molecule has 0 fully saturated rings. The van der Waals surface area contributed by atoms with Crippen LogP contribution in [0.3, 0.4) is 0 Å². The van der Waals surface area contributed by atoms with Gasteiger partial charge in [-0.3, -0.25) is 5.01 Å². The predicted molar refractivity (Wildman–Crippen MR) is 93.4 cm³/mol. The Bertz CT molecular complexity index is 715. The van der Waals surface area contributed by atoms with Gasteiger partial charge in [0.2, 0.25) is 5.84 Å². The molecule has 0 saturated heterocycles. The molecule has 3 rings (SSSR count). The molecule has 1 aromatic heterocycles. The van der Waals surface area contributed by atoms with Gasteiger partial charge in [-0.05, 0) is 59.0 Å². The molecule has 1 atom stereocenters. The van der Waals surface area contributed by atoms with E-state index in [0.717, 1.165) is 9.26 Å². The van der Waals surface area contributed by atoms with Crippen molar-refractivity contribution in [2.75, 3.05) is 19.2 Å². The maximum atomic E-state index is 11.9. The number of carbonyl (C=O) groups is 1. The van der Waals surface area contributed by atoms with Crippen molar-refractivity contribution < 1.29 is 13.9 Å². The van der Waals surface area contributed by atoms with Gasteiger partial charge in [0.15, 0.2) is 6.17 Å². The van der Waals surface area contributed by atoms with Crippen LogP contribution in [0.4, 0.5) is 5.69 Å². The summed E-state index contributed by atoms with van der Waals surface area (Å²) in [5.41, 5.74) is 4.01. The van der Waals surface area contributed by atoms with E-state index in [0.29, 0.717) is 5.76 Å². The Morgan fingerprint density at radius 1 is 1.35 bits per heavy atom. The number of halogens is 1. The average Bonchev–Trinajstić information content (AvgIpc) is 3.09. The summed E-state index contributed by atoms with van der Waals surface area (Å²) in [5.74, 6) is 0.324. The summed E-state index contributed by atoms with van der Waals surface area (Å²) in [6.45, 7) is 0. The van der Waals surface area contributed by atoms with Gasteiger partial charge in [-0.25, -0.2) is 15.2 Å². The molecule has 1 N–H and O–H groups in total. The molecule has 0 saturated carbocycles. The number of methoxy groups -OCH3 is 1. The molecule has 1 aliphatic heterocycles. The fourth-order valence-corrected chi connectivity index (χ4v) is 2.59. The van der Waals surface area contributed by atoms with Crippen LogP contribution in [0.5, 0.6) is 0 Å². The lowest BCUT2D eigenvalue weighted by molar-refractivity contribution is -0.133. The number of esters is 1. The maximum absolute atomic E-state index is 11.9. The summed E-state index contributed by atoms with van der Waals surface area (Å²) in [4.78, 5) is 11.9. The molecular weight excluding hydrogens is 411 g/mol. The number of benzene rings is 1. The molecule has 0 bridgehead atoms. The second-order valence-electron chi connectivity index (χ2n) is 4.84. The van der Waals surface area contributed by atoms with Gasteiger partial charge in [-0.1, -0.05) is 0 Å². The Morgan fingerprint density at radius 2 is 2.09 bits per heavy atom. The number of hydrogen-bond acceptors (Lipinski definition) is 7. The van der Waals surface area contributed by atoms with E-state index in [1.165, 1.54) is 12.1 Å². The number of anilines is 1. The Hall–Kier alpha value is -2.07. The third-order valence-electron chi connectivity index (χ3n) is 3.35. The largest absolute Gasteiger partial charge is 0.466 e. The standard InChI is InChI=1S/C15H15IN4O3/c1-19-14(15(21)22-2)18-20(11-7-5-10(16)6-8-11)13(17-19)12-4-3-9-23-12/h3-9,13,17H,1-2H3. The number of hydrogen-bond donors (Lipinski definition) is 1. The molecule has 1 unspecified atom stereocenters. The quantitative estimate of drug-likeness (QED) is 0.601. The first kappa shape index (κ1) is 15.8. The lowest BCUT2D eigenvalue weighted by atomic mass is 10.2. The fourth-order valence-electron chi connectivity index (χ4n) is 2.23. The Labute approximate surface area is 147 Å². The molecule has 7 nitrogen and oxygen atoms in total. The Balaban J connectivity index is 2.05. The first-order chi connectivity index (χ1) is 11.1. The number of likely N-dealkylation sites (N-methyl/N-ethyl adjacent to an activating group) is 1. The van der Waals surface area contributed by atoms with Crippen molar-refractivity contribution in [1.29, 1.82) is 0 Å². The van der Waals surface area contributed by atoms with E-state index >= 15 is 0 Å². The molecule has 2 heterocycles. The van der Waals surface area contributed by atoms with Crippen molar-refractivity contribution in [2.45, 2.75) is 6.17 Å². The van der Waals surface area contributed by atoms with Crippen LogP contribution in [0, 0.1) is 3.57 Å². The maximum Gasteiger partial charge on any atom is 0.377 e. The van der Waals surface area contributed by atoms with Gasteiger partial charge in [0.05, 0.1) is 19.1 Å². The number of nitrogens with zero attached hydrogens (tertiary/aromatic N) is 3. The summed E-state index contributed by atoms with van der Waals surface area (Å²) in [7, 11) is 3.03. The lowest BCUT2D eigenvalue weighted by Crippen LogP contribution is -2.54. The lowest BCUT2D eigenvalue weighted by Gasteiger charge is -2.37. The number of carbonyl (C=O) groups excluding carboxylic acids is 1. The van der Waals surface area contributed by atoms with Crippen molar-refractivity contribution in [3.63, 3.8) is 0 Å². The number of rotatable bonds is 3. The molecule has 1 aliphatic rings. The Morgan fingerprint density at radius 3 is 2.70 bits per heavy atom. The van der Waals surface area contributed by atoms with Crippen molar-refractivity contribution in [2.24, 2.45) is 5.10 Å². The van der Waals surface area contributed by atoms with Crippen LogP contribution >= 0.6 is 22.6 Å². The van der Waals surface area contributed by atoms with E-state index in [4.69, 9.17) is 9.15 Å². The molecule has 8 heteroatoms. The van der Waals surface area contributed by atoms with Gasteiger partial charge in [-0.15, -0.1) is 5.10 Å². The van der Waals surface area contributed by atoms with Gasteiger partial charge >= 0.3 is 5.97 Å². The van der Waals surface area contributed by atoms with Crippen LogP contribution in [-0.2, 0) is 9.53 Å². The first-order valence-corrected chi connectivity index (χ1v) is 7.93. The Kier molecular flexibility index (Phi) is 4.53. The van der Waals surface area contributed by atoms with Crippen LogP contribution in [0.2, 0.25) is 0 Å². The minimum Gasteiger partial charge on any atom is -0.466 e. The van der Waals surface area contributed by atoms with Gasteiger partial charge in [0.1, 0.15) is 5.76 Å². The van der Waals surface area contributed by atoms with Gasteiger partial charge < -0.3 is 9.15 Å². The van der Waals surface area contributed by atoms with Crippen molar-refractivity contribution in [1.82, 2.24) is 10.4 Å². The third kappa shape index (κ3) is 3.17. The SMILES string of the molecule is COC(=O)C1=NN(c2ccc(I)cc2)C(c2ccco2)NN1C. The highest BCUT2D eigenvalue weighted by Crippen LogP contribution is 2.29. The number of hydrazine groups is 1. The van der Waals surface area contributed by atoms with Crippen LogP contribution < -0.4 is 10.4 Å². The fraction of sp³-hybridized carbons (Fsp3) is 0.200. The van der Waals surface area contributed by atoms with Crippen molar-refractivity contribution in [3.05, 3.63) is 52.0 Å². The molecule has 23 heavy (non-hydrogen) atoms. The zero-order chi connectivity index (χ0) is 16.4. The smallest absolute Gasteiger partial charge is 0.377 e. The van der Waals surface area contributed by atoms with Gasteiger partial charge in [0.25, 0.3) is 0 Å². The third-order valence-corrected chi connectivity index (χ3v) is 4.07. The molecule has 1 aromatic carbocycles. The molecule has 0 radical (unpaired) electrons. The summed E-state index contributed by atoms with van der Waals surface area (Å²) in [5, 5.41) is 7.67. The van der Waals surface area contributed by atoms with E-state index in [-0.39, 0.29) is 12.0 Å². The summed E-state index contributed by atoms with van der Waals surface area (Å²) in [6, 6.07) is 11.5. The molecular formula is C15H15IN4O3. The van der Waals surface area contributed by atoms with E-state index < -0.39 is 5.97 Å². The van der Waals surface area contributed by atoms with E-state index in [9.17, 15) is 4.79 Å². The van der Waals surface area contributed by atoms with E-state index in [1.54, 1.807) is 18.3 Å². The van der Waals surface area contributed by atoms with Crippen LogP contribution in [0.25, 0.3) is 0 Å². The van der Waals surface area contributed by atoms with E-state index in [1.807, 2.05) is 36.4 Å². The number of ether oxygens (including phenoxy) is 1. The average molecular weight is 426 g/mol. The molecule has 2 aromatic rings. The highest BCUT2D eigenvalue weighted by atomic mass is 127. The van der Waals surface area contributed by atoms with Crippen LogP contribution in [0.15, 0.2) is 52.2 Å². The number of nitrogens with one attached hydrogen (secondary N) is 1. The molecule has 0 amide bonds. The molecule has 120 valence electrons. The number of furan rings is 1.